The van der Waals surface area contributed by atoms with Crippen LogP contribution in [0.3, 0.4) is 0 Å². The summed E-state index contributed by atoms with van der Waals surface area (Å²) in [7, 11) is 0. The lowest BCUT2D eigenvalue weighted by Crippen LogP contribution is -2.14. The molecule has 6 aromatic rings. The molecule has 0 unspecified atom stereocenters. The van der Waals surface area contributed by atoms with Gasteiger partial charge in [-0.25, -0.2) is 9.97 Å². The van der Waals surface area contributed by atoms with Crippen LogP contribution in [0.4, 0.5) is 0 Å². The molecule has 0 radical (unpaired) electrons. The fourth-order valence-corrected chi connectivity index (χ4v) is 7.66. The third kappa shape index (κ3) is 3.80. The number of hydrogen-bond acceptors (Lipinski definition) is 2. The number of aryl methyl sites for hydroxylation is 2. The second-order valence-corrected chi connectivity index (χ2v) is 13.6. The average Bonchev–Trinajstić information content (AvgIpc) is 3.40. The van der Waals surface area contributed by atoms with Gasteiger partial charge in [0.2, 0.25) is 0 Å². The first-order chi connectivity index (χ1) is 21.1. The van der Waals surface area contributed by atoms with Gasteiger partial charge in [0.15, 0.2) is 0 Å². The Labute approximate surface area is 260 Å². The van der Waals surface area contributed by atoms with Gasteiger partial charge in [-0.1, -0.05) is 125 Å². The zero-order valence-electron chi connectivity index (χ0n) is 26.3. The molecule has 0 fully saturated rings. The molecule has 0 amide bonds. The SMILES string of the molecule is Cc1cc(-c2ccc(-c3ccc4c(n3)-c3ccccc3C4(C)C)c(C)c2)ccc1-c1ccc2c(n1)-c1ccccc1C2(C)C. The highest BCUT2D eigenvalue weighted by Gasteiger charge is 2.37. The molecule has 0 N–H and O–H groups in total. The van der Waals surface area contributed by atoms with Gasteiger partial charge in [0.25, 0.3) is 0 Å². The van der Waals surface area contributed by atoms with Gasteiger partial charge >= 0.3 is 0 Å². The molecule has 2 heteroatoms. The maximum Gasteiger partial charge on any atom is 0.0753 e. The van der Waals surface area contributed by atoms with Crippen molar-refractivity contribution in [2.24, 2.45) is 0 Å². The Morgan fingerprint density at radius 1 is 0.409 bits per heavy atom. The number of pyridine rings is 2. The van der Waals surface area contributed by atoms with Gasteiger partial charge in [-0.05, 0) is 70.5 Å². The molecule has 2 nitrogen and oxygen atoms in total. The number of rotatable bonds is 3. The number of nitrogens with zero attached hydrogens (tertiary/aromatic N) is 2. The zero-order valence-corrected chi connectivity index (χ0v) is 26.3. The molecule has 0 saturated carbocycles. The summed E-state index contributed by atoms with van der Waals surface area (Å²) in [5.74, 6) is 0. The van der Waals surface area contributed by atoms with E-state index < -0.39 is 0 Å². The molecule has 0 saturated heterocycles. The van der Waals surface area contributed by atoms with E-state index in [2.05, 4.69) is 151 Å². The molecule has 0 atom stereocenters. The Morgan fingerprint density at radius 3 is 1.23 bits per heavy atom. The van der Waals surface area contributed by atoms with Gasteiger partial charge < -0.3 is 0 Å². The van der Waals surface area contributed by atoms with Crippen LogP contribution in [0.15, 0.2) is 109 Å². The van der Waals surface area contributed by atoms with Crippen molar-refractivity contribution in [1.82, 2.24) is 9.97 Å². The van der Waals surface area contributed by atoms with Crippen LogP contribution in [0.25, 0.3) is 56.2 Å². The van der Waals surface area contributed by atoms with E-state index in [4.69, 9.17) is 9.97 Å². The van der Waals surface area contributed by atoms with Crippen LogP contribution >= 0.6 is 0 Å². The Bertz CT molecular complexity index is 1990. The minimum absolute atomic E-state index is 0.0310. The van der Waals surface area contributed by atoms with Gasteiger partial charge in [0, 0.05) is 33.1 Å². The monoisotopic (exact) mass is 568 g/mol. The summed E-state index contributed by atoms with van der Waals surface area (Å²) in [6, 6.07) is 39.8. The van der Waals surface area contributed by atoms with E-state index in [0.717, 1.165) is 22.8 Å². The zero-order chi connectivity index (χ0) is 30.4. The Morgan fingerprint density at radius 2 is 0.818 bits per heavy atom. The van der Waals surface area contributed by atoms with E-state index in [9.17, 15) is 0 Å². The smallest absolute Gasteiger partial charge is 0.0753 e. The number of fused-ring (bicyclic) bond motifs is 6. The lowest BCUT2D eigenvalue weighted by atomic mass is 9.83. The summed E-state index contributed by atoms with van der Waals surface area (Å²) in [6.07, 6.45) is 0. The fraction of sp³-hybridized carbons (Fsp3) is 0.190. The van der Waals surface area contributed by atoms with Gasteiger partial charge in [-0.2, -0.15) is 0 Å². The van der Waals surface area contributed by atoms with E-state index in [1.54, 1.807) is 0 Å². The molecule has 0 spiro atoms. The molecule has 2 aliphatic carbocycles. The van der Waals surface area contributed by atoms with Crippen molar-refractivity contribution in [3.8, 4) is 56.2 Å². The lowest BCUT2D eigenvalue weighted by molar-refractivity contribution is 0.659. The standard InChI is InChI=1S/C42H36N2/c1-25-23-27(15-17-29(25)37-21-19-35-39(43-37)31-11-7-9-13-33(31)41(35,3)4)28-16-18-30(26(2)24-28)38-22-20-36-40(44-38)32-12-8-10-14-34(32)42(36,5)6/h7-24H,1-6H3. The predicted molar refractivity (Wildman–Crippen MR) is 183 cm³/mol. The maximum absolute atomic E-state index is 5.22. The van der Waals surface area contributed by atoms with Gasteiger partial charge in [-0.3, -0.25) is 0 Å². The van der Waals surface area contributed by atoms with E-state index in [1.807, 2.05) is 0 Å². The second kappa shape index (κ2) is 9.34. The summed E-state index contributed by atoms with van der Waals surface area (Å²) < 4.78 is 0. The van der Waals surface area contributed by atoms with Crippen molar-refractivity contribution >= 4 is 0 Å². The van der Waals surface area contributed by atoms with Crippen molar-refractivity contribution in [3.63, 3.8) is 0 Å². The second-order valence-electron chi connectivity index (χ2n) is 13.6. The number of benzene rings is 4. The summed E-state index contributed by atoms with van der Waals surface area (Å²) in [5, 5.41) is 0. The quantitative estimate of drug-likeness (QED) is 0.212. The average molecular weight is 569 g/mol. The van der Waals surface area contributed by atoms with E-state index in [-0.39, 0.29) is 10.8 Å². The van der Waals surface area contributed by atoms with Gasteiger partial charge in [-0.15, -0.1) is 0 Å². The van der Waals surface area contributed by atoms with Crippen LogP contribution in [-0.4, -0.2) is 9.97 Å². The molecular weight excluding hydrogens is 532 g/mol. The largest absolute Gasteiger partial charge is 0.247 e. The minimum Gasteiger partial charge on any atom is -0.247 e. The lowest BCUT2D eigenvalue weighted by Gasteiger charge is -2.21. The fourth-order valence-electron chi connectivity index (χ4n) is 7.66. The van der Waals surface area contributed by atoms with Crippen LogP contribution in [0, 0.1) is 13.8 Å². The third-order valence-electron chi connectivity index (χ3n) is 10.2. The van der Waals surface area contributed by atoms with Crippen molar-refractivity contribution in [2.75, 3.05) is 0 Å². The van der Waals surface area contributed by atoms with Gasteiger partial charge in [0.05, 0.1) is 22.8 Å². The highest BCUT2D eigenvalue weighted by atomic mass is 14.8. The minimum atomic E-state index is -0.0310. The van der Waals surface area contributed by atoms with E-state index in [0.29, 0.717) is 0 Å². The predicted octanol–water partition coefficient (Wildman–Crippen LogP) is 10.7. The van der Waals surface area contributed by atoms with Crippen LogP contribution in [0.5, 0.6) is 0 Å². The summed E-state index contributed by atoms with van der Waals surface area (Å²) in [4.78, 5) is 10.4. The molecule has 4 aromatic carbocycles. The van der Waals surface area contributed by atoms with E-state index >= 15 is 0 Å². The highest BCUT2D eigenvalue weighted by Crippen LogP contribution is 2.49. The molecule has 44 heavy (non-hydrogen) atoms. The first-order valence-electron chi connectivity index (χ1n) is 15.6. The van der Waals surface area contributed by atoms with Crippen LogP contribution in [0.2, 0.25) is 0 Å². The molecular formula is C42H36N2. The van der Waals surface area contributed by atoms with Gasteiger partial charge in [0.1, 0.15) is 0 Å². The molecule has 8 rings (SSSR count). The van der Waals surface area contributed by atoms with Crippen LogP contribution < -0.4 is 0 Å². The first-order valence-corrected chi connectivity index (χ1v) is 15.6. The van der Waals surface area contributed by atoms with Crippen LogP contribution in [-0.2, 0) is 10.8 Å². The van der Waals surface area contributed by atoms with E-state index in [1.165, 1.54) is 66.8 Å². The van der Waals surface area contributed by atoms with Crippen LogP contribution in [0.1, 0.15) is 61.1 Å². The topological polar surface area (TPSA) is 25.8 Å². The maximum atomic E-state index is 5.22. The molecule has 2 aromatic heterocycles. The van der Waals surface area contributed by atoms with Crippen molar-refractivity contribution < 1.29 is 0 Å². The molecule has 0 bridgehead atoms. The number of hydrogen-bond donors (Lipinski definition) is 0. The Kier molecular flexibility index (Phi) is 5.68. The summed E-state index contributed by atoms with van der Waals surface area (Å²) >= 11 is 0. The first kappa shape index (κ1) is 26.8. The number of aromatic nitrogens is 2. The highest BCUT2D eigenvalue weighted by molar-refractivity contribution is 5.83. The summed E-state index contributed by atoms with van der Waals surface area (Å²) in [5.41, 5.74) is 19.3. The molecule has 0 aliphatic heterocycles. The third-order valence-corrected chi connectivity index (χ3v) is 10.2. The van der Waals surface area contributed by atoms with Crippen molar-refractivity contribution in [3.05, 3.63) is 143 Å². The van der Waals surface area contributed by atoms with Crippen molar-refractivity contribution in [2.45, 2.75) is 52.4 Å². The Balaban J connectivity index is 1.12. The Hall–Kier alpha value is -4.82. The molecule has 214 valence electrons. The van der Waals surface area contributed by atoms with Crippen molar-refractivity contribution in [1.29, 1.82) is 0 Å². The molecule has 2 aliphatic rings. The summed E-state index contributed by atoms with van der Waals surface area (Å²) in [6.45, 7) is 13.6. The normalized spacial score (nSPS) is 15.0. The molecule has 2 heterocycles.